The van der Waals surface area contributed by atoms with Gasteiger partial charge in [-0.05, 0) is 43.9 Å². The van der Waals surface area contributed by atoms with Gasteiger partial charge in [0.15, 0.2) is 11.0 Å². The van der Waals surface area contributed by atoms with Crippen molar-refractivity contribution in [3.05, 3.63) is 35.5 Å². The molecule has 1 aromatic heterocycles. The van der Waals surface area contributed by atoms with Gasteiger partial charge in [-0.15, -0.1) is 10.2 Å². The first-order valence-electron chi connectivity index (χ1n) is 10.7. The number of rotatable bonds is 6. The summed E-state index contributed by atoms with van der Waals surface area (Å²) in [5, 5.41) is 8.24. The monoisotopic (exact) mass is 414 g/mol. The molecule has 1 aromatic carbocycles. The number of hydrogen-bond donors (Lipinski definition) is 1. The van der Waals surface area contributed by atoms with Gasteiger partial charge in [0.1, 0.15) is 0 Å². The number of nitrogens with zero attached hydrogens (tertiary/aromatic N) is 5. The van der Waals surface area contributed by atoms with Gasteiger partial charge in [0, 0.05) is 55.7 Å². The van der Waals surface area contributed by atoms with Crippen LogP contribution in [0.2, 0.25) is 5.15 Å². The molecule has 0 radical (unpaired) electrons. The van der Waals surface area contributed by atoms with Crippen LogP contribution in [0.4, 0.5) is 22.9 Å². The van der Waals surface area contributed by atoms with Gasteiger partial charge >= 0.3 is 0 Å². The summed E-state index contributed by atoms with van der Waals surface area (Å²) < 4.78 is 0. The normalized spacial score (nSPS) is 21.1. The van der Waals surface area contributed by atoms with Gasteiger partial charge in [0.2, 0.25) is 0 Å². The van der Waals surface area contributed by atoms with Gasteiger partial charge in [-0.25, -0.2) is 0 Å². The molecule has 0 spiro atoms. The number of halogens is 1. The molecule has 4 rings (SSSR count). The van der Waals surface area contributed by atoms with Crippen molar-refractivity contribution >= 4 is 34.5 Å². The van der Waals surface area contributed by atoms with Crippen LogP contribution < -0.4 is 20.4 Å². The second-order valence-corrected chi connectivity index (χ2v) is 8.62. The summed E-state index contributed by atoms with van der Waals surface area (Å²) in [7, 11) is 2.21. The summed E-state index contributed by atoms with van der Waals surface area (Å²) in [6.45, 7) is 6.38. The van der Waals surface area contributed by atoms with E-state index >= 15 is 0 Å². The minimum Gasteiger partial charge on any atom is -0.380 e. The Hall–Kier alpha value is -2.21. The van der Waals surface area contributed by atoms with Crippen LogP contribution in [-0.4, -0.2) is 48.5 Å². The summed E-state index contributed by atoms with van der Waals surface area (Å²) in [6, 6.07) is 12.4. The van der Waals surface area contributed by atoms with Gasteiger partial charge in [0.25, 0.3) is 0 Å². The van der Waals surface area contributed by atoms with Crippen molar-refractivity contribution in [3.8, 4) is 0 Å². The summed E-state index contributed by atoms with van der Waals surface area (Å²) in [4.78, 5) is 7.37. The molecule has 2 aliphatic rings. The largest absolute Gasteiger partial charge is 0.380 e. The van der Waals surface area contributed by atoms with E-state index in [1.54, 1.807) is 0 Å². The van der Waals surface area contributed by atoms with Crippen LogP contribution in [0, 0.1) is 0 Å². The van der Waals surface area contributed by atoms with Crippen molar-refractivity contribution in [2.24, 2.45) is 0 Å². The van der Waals surface area contributed by atoms with Crippen LogP contribution in [0.25, 0.3) is 0 Å². The number of nitrogen functional groups attached to an aromatic ring is 1. The van der Waals surface area contributed by atoms with Gasteiger partial charge < -0.3 is 20.4 Å². The highest BCUT2D eigenvalue weighted by atomic mass is 35.5. The van der Waals surface area contributed by atoms with Crippen LogP contribution in [0.15, 0.2) is 30.3 Å². The van der Waals surface area contributed by atoms with Crippen LogP contribution >= 0.6 is 11.6 Å². The molecule has 0 unspecified atom stereocenters. The summed E-state index contributed by atoms with van der Waals surface area (Å²) in [5.74, 6) is 0.455. The van der Waals surface area contributed by atoms with E-state index in [2.05, 4.69) is 70.1 Å². The number of nitrogens with two attached hydrogens (primary N) is 1. The highest BCUT2D eigenvalue weighted by Gasteiger charge is 2.40. The predicted molar refractivity (Wildman–Crippen MR) is 122 cm³/mol. The molecule has 6 nitrogen and oxygen atoms in total. The lowest BCUT2D eigenvalue weighted by molar-refractivity contribution is 0.534. The molecule has 2 aliphatic heterocycles. The molecule has 0 saturated carbocycles. The summed E-state index contributed by atoms with van der Waals surface area (Å²) in [5.41, 5.74) is 9.62. The van der Waals surface area contributed by atoms with Crippen LogP contribution in [0.5, 0.6) is 0 Å². The van der Waals surface area contributed by atoms with Crippen LogP contribution in [0.3, 0.4) is 0 Å². The number of fused-ring (bicyclic) bond motifs is 2. The van der Waals surface area contributed by atoms with Crippen molar-refractivity contribution in [2.75, 3.05) is 40.6 Å². The van der Waals surface area contributed by atoms with Crippen molar-refractivity contribution in [1.29, 1.82) is 0 Å². The zero-order valence-electron chi connectivity index (χ0n) is 17.6. The molecule has 2 atom stereocenters. The quantitative estimate of drug-likeness (QED) is 0.764. The summed E-state index contributed by atoms with van der Waals surface area (Å²) in [6.07, 6.45) is 4.70. The Kier molecular flexibility index (Phi) is 5.72. The average molecular weight is 415 g/mol. The minimum atomic E-state index is 0.390. The Morgan fingerprint density at radius 1 is 1.14 bits per heavy atom. The SMILES string of the molecule is CCC(CC)N(C)c1cccc(N2[C@@H]3CC[C@H]2CN(c2cc(Cl)nnc2N)C3)c1. The fourth-order valence-electron chi connectivity index (χ4n) is 5.06. The third-order valence-corrected chi connectivity index (χ3v) is 6.80. The maximum absolute atomic E-state index is 6.09. The van der Waals surface area contributed by atoms with E-state index in [1.807, 2.05) is 6.07 Å². The molecule has 29 heavy (non-hydrogen) atoms. The Balaban J connectivity index is 1.56. The summed E-state index contributed by atoms with van der Waals surface area (Å²) >= 11 is 6.07. The third kappa shape index (κ3) is 3.82. The molecular formula is C22H31ClN6. The molecule has 2 fully saturated rings. The van der Waals surface area contributed by atoms with Gasteiger partial charge in [0.05, 0.1) is 5.69 Å². The van der Waals surface area contributed by atoms with E-state index in [-0.39, 0.29) is 0 Å². The maximum Gasteiger partial charge on any atom is 0.169 e. The van der Waals surface area contributed by atoms with Gasteiger partial charge in [-0.1, -0.05) is 31.5 Å². The van der Waals surface area contributed by atoms with Gasteiger partial charge in [-0.2, -0.15) is 0 Å². The minimum absolute atomic E-state index is 0.390. The van der Waals surface area contributed by atoms with Crippen molar-refractivity contribution in [2.45, 2.75) is 57.7 Å². The van der Waals surface area contributed by atoms with Crippen molar-refractivity contribution < 1.29 is 0 Å². The molecular weight excluding hydrogens is 384 g/mol. The number of hydrogen-bond acceptors (Lipinski definition) is 6. The zero-order valence-corrected chi connectivity index (χ0v) is 18.3. The predicted octanol–water partition coefficient (Wildman–Crippen LogP) is 4.19. The highest BCUT2D eigenvalue weighted by Crippen LogP contribution is 2.39. The van der Waals surface area contributed by atoms with E-state index in [0.717, 1.165) is 31.6 Å². The zero-order chi connectivity index (χ0) is 20.5. The van der Waals surface area contributed by atoms with E-state index in [9.17, 15) is 0 Å². The van der Waals surface area contributed by atoms with E-state index < -0.39 is 0 Å². The molecule has 156 valence electrons. The molecule has 2 bridgehead atoms. The smallest absolute Gasteiger partial charge is 0.169 e. The van der Waals surface area contributed by atoms with Crippen LogP contribution in [-0.2, 0) is 0 Å². The van der Waals surface area contributed by atoms with Gasteiger partial charge in [-0.3, -0.25) is 0 Å². The molecule has 0 aliphatic carbocycles. The Labute approximate surface area is 178 Å². The molecule has 3 heterocycles. The van der Waals surface area contributed by atoms with Crippen molar-refractivity contribution in [1.82, 2.24) is 10.2 Å². The molecule has 7 heteroatoms. The molecule has 0 amide bonds. The molecule has 2 aromatic rings. The Morgan fingerprint density at radius 3 is 2.48 bits per heavy atom. The lowest BCUT2D eigenvalue weighted by Gasteiger charge is -2.44. The number of anilines is 4. The first-order chi connectivity index (χ1) is 14.0. The molecule has 2 N–H and O–H groups in total. The highest BCUT2D eigenvalue weighted by molar-refractivity contribution is 6.29. The number of benzene rings is 1. The third-order valence-electron chi connectivity index (χ3n) is 6.62. The second-order valence-electron chi connectivity index (χ2n) is 8.24. The maximum atomic E-state index is 6.09. The standard InChI is InChI=1S/C22H31ClN6/c1-4-15(5-2)27(3)16-7-6-8-17(11-16)29-18-9-10-19(29)14-28(13-18)20-12-21(23)25-26-22(20)24/h6-8,11-12,15,18-19H,4-5,9-10,13-14H2,1-3H3,(H2,24,26)/t18-,19+. The molecule has 2 saturated heterocycles. The fraction of sp³-hybridized carbons (Fsp3) is 0.545. The lowest BCUT2D eigenvalue weighted by atomic mass is 10.1. The van der Waals surface area contributed by atoms with E-state index in [0.29, 0.717) is 29.1 Å². The first kappa shape index (κ1) is 20.1. The second kappa shape index (κ2) is 8.27. The van der Waals surface area contributed by atoms with E-state index in [1.165, 1.54) is 24.2 Å². The average Bonchev–Trinajstić information content (AvgIpc) is 3.00. The van der Waals surface area contributed by atoms with Crippen molar-refractivity contribution in [3.63, 3.8) is 0 Å². The van der Waals surface area contributed by atoms with Crippen LogP contribution in [0.1, 0.15) is 39.5 Å². The van der Waals surface area contributed by atoms with E-state index in [4.69, 9.17) is 17.3 Å². The Morgan fingerprint density at radius 2 is 1.83 bits per heavy atom. The number of piperazine rings is 1. The Bertz CT molecular complexity index is 841. The first-order valence-corrected chi connectivity index (χ1v) is 11.0. The lowest BCUT2D eigenvalue weighted by Crippen LogP contribution is -2.54. The fourth-order valence-corrected chi connectivity index (χ4v) is 5.20. The number of aromatic nitrogens is 2. The topological polar surface area (TPSA) is 61.5 Å².